The Kier molecular flexibility index (Phi) is 3.75. The van der Waals surface area contributed by atoms with Gasteiger partial charge in [0, 0.05) is 18.2 Å². The summed E-state index contributed by atoms with van der Waals surface area (Å²) in [4.78, 5) is 2.33. The normalized spacial score (nSPS) is 27.8. The van der Waals surface area contributed by atoms with E-state index in [0.29, 0.717) is 12.8 Å². The van der Waals surface area contributed by atoms with E-state index in [1.54, 1.807) is 0 Å². The van der Waals surface area contributed by atoms with Crippen LogP contribution in [0.3, 0.4) is 0 Å². The van der Waals surface area contributed by atoms with E-state index in [9.17, 15) is 8.42 Å². The van der Waals surface area contributed by atoms with Gasteiger partial charge in [-0.05, 0) is 31.7 Å². The summed E-state index contributed by atoms with van der Waals surface area (Å²) in [6.07, 6.45) is 3.50. The quantitative estimate of drug-likeness (QED) is 0.839. The molecule has 1 aromatic rings. The van der Waals surface area contributed by atoms with Crippen molar-refractivity contribution in [3.8, 4) is 5.75 Å². The highest BCUT2D eigenvalue weighted by molar-refractivity contribution is 7.73. The van der Waals surface area contributed by atoms with Crippen molar-refractivity contribution in [1.82, 2.24) is 4.90 Å². The first kappa shape index (κ1) is 12.9. The summed E-state index contributed by atoms with van der Waals surface area (Å²) < 4.78 is 27.8. The van der Waals surface area contributed by atoms with Gasteiger partial charge < -0.3 is 4.74 Å². The van der Waals surface area contributed by atoms with Crippen molar-refractivity contribution in [2.75, 3.05) is 6.73 Å². The minimum Gasteiger partial charge on any atom is -0.478 e. The van der Waals surface area contributed by atoms with Crippen LogP contribution < -0.4 is 4.74 Å². The lowest BCUT2D eigenvalue weighted by Crippen LogP contribution is -2.43. The minimum absolute atomic E-state index is 0.107. The van der Waals surface area contributed by atoms with Crippen LogP contribution in [-0.2, 0) is 17.2 Å². The summed E-state index contributed by atoms with van der Waals surface area (Å²) >= 11 is 0. The summed E-state index contributed by atoms with van der Waals surface area (Å²) in [5.41, 5.74) is 1.23. The Morgan fingerprint density at radius 1 is 1.11 bits per heavy atom. The Morgan fingerprint density at radius 3 is 2.58 bits per heavy atom. The molecule has 0 spiro atoms. The van der Waals surface area contributed by atoms with E-state index in [1.165, 1.54) is 5.56 Å². The second-order valence-corrected chi connectivity index (χ2v) is 6.68. The molecule has 1 aliphatic heterocycles. The van der Waals surface area contributed by atoms with E-state index in [-0.39, 0.29) is 5.25 Å². The molecule has 0 saturated heterocycles. The van der Waals surface area contributed by atoms with E-state index in [4.69, 9.17) is 4.74 Å². The van der Waals surface area contributed by atoms with Crippen LogP contribution in [0.15, 0.2) is 24.3 Å². The number of benzene rings is 1. The third kappa shape index (κ3) is 2.77. The molecule has 0 bridgehead atoms. The van der Waals surface area contributed by atoms with Gasteiger partial charge in [0.15, 0.2) is 0 Å². The highest BCUT2D eigenvalue weighted by atomic mass is 32.2. The first-order chi connectivity index (χ1) is 9.24. The molecule has 0 radical (unpaired) electrons. The predicted octanol–water partition coefficient (Wildman–Crippen LogP) is 1.76. The molecule has 19 heavy (non-hydrogen) atoms. The van der Waals surface area contributed by atoms with Crippen LogP contribution >= 0.6 is 0 Å². The third-order valence-electron chi connectivity index (χ3n) is 4.21. The predicted molar refractivity (Wildman–Crippen MR) is 73.8 cm³/mol. The Morgan fingerprint density at radius 2 is 1.84 bits per heavy atom. The van der Waals surface area contributed by atoms with Crippen molar-refractivity contribution in [3.63, 3.8) is 0 Å². The van der Waals surface area contributed by atoms with Crippen molar-refractivity contribution in [3.05, 3.63) is 29.8 Å². The molecule has 1 fully saturated rings. The van der Waals surface area contributed by atoms with Gasteiger partial charge in [-0.15, -0.1) is 0 Å². The zero-order chi connectivity index (χ0) is 13.2. The molecule has 1 aromatic carbocycles. The minimum atomic E-state index is -2.25. The fraction of sp³-hybridized carbons (Fsp3) is 0.571. The zero-order valence-corrected chi connectivity index (χ0v) is 11.7. The van der Waals surface area contributed by atoms with E-state index < -0.39 is 10.7 Å². The number of para-hydroxylation sites is 1. The highest BCUT2D eigenvalue weighted by Gasteiger charge is 2.29. The molecule has 1 aliphatic carbocycles. The van der Waals surface area contributed by atoms with Gasteiger partial charge in [0.1, 0.15) is 23.2 Å². The maximum Gasteiger partial charge on any atom is 0.143 e. The summed E-state index contributed by atoms with van der Waals surface area (Å²) in [6, 6.07) is 8.59. The van der Waals surface area contributed by atoms with Gasteiger partial charge in [-0.1, -0.05) is 18.2 Å². The molecule has 1 saturated carbocycles. The fourth-order valence-corrected chi connectivity index (χ4v) is 3.78. The van der Waals surface area contributed by atoms with E-state index >= 15 is 0 Å². The van der Waals surface area contributed by atoms with Gasteiger partial charge in [-0.3, -0.25) is 4.90 Å². The Bertz CT molecular complexity index is 513. The molecule has 3 rings (SSSR count). The van der Waals surface area contributed by atoms with Crippen LogP contribution in [-0.4, -0.2) is 31.3 Å². The number of thiol groups is 1. The van der Waals surface area contributed by atoms with Gasteiger partial charge in [0.05, 0.1) is 5.25 Å². The molecule has 2 aliphatic rings. The summed E-state index contributed by atoms with van der Waals surface area (Å²) in [6.45, 7) is 1.53. The van der Waals surface area contributed by atoms with Crippen molar-refractivity contribution in [2.45, 2.75) is 43.5 Å². The Labute approximate surface area is 115 Å². The third-order valence-corrected chi connectivity index (χ3v) is 5.33. The van der Waals surface area contributed by atoms with E-state index in [0.717, 1.165) is 38.0 Å². The van der Waals surface area contributed by atoms with Crippen molar-refractivity contribution >= 4 is 10.7 Å². The molecule has 0 N–H and O–H groups in total. The topological polar surface area (TPSA) is 46.6 Å². The molecular weight excluding hydrogens is 262 g/mol. The lowest BCUT2D eigenvalue weighted by Gasteiger charge is -2.38. The van der Waals surface area contributed by atoms with Gasteiger partial charge in [-0.25, -0.2) is 8.42 Å². The van der Waals surface area contributed by atoms with Crippen molar-refractivity contribution in [2.24, 2.45) is 0 Å². The highest BCUT2D eigenvalue weighted by Crippen LogP contribution is 2.30. The number of hydrogen-bond acceptors (Lipinski definition) is 4. The number of hydrogen-bond donors (Lipinski definition) is 1. The van der Waals surface area contributed by atoms with Gasteiger partial charge >= 0.3 is 0 Å². The van der Waals surface area contributed by atoms with Crippen molar-refractivity contribution < 1.29 is 13.2 Å². The van der Waals surface area contributed by atoms with Crippen LogP contribution in [0, 0.1) is 0 Å². The standard InChI is InChI=1S/C14H19NO3S/c16-19(17)13-7-5-12(6-8-13)15-9-11-3-1-2-4-14(11)18-10-15/h1-4,12-13,19H,5-10H2. The van der Waals surface area contributed by atoms with E-state index in [2.05, 4.69) is 11.0 Å². The number of nitrogens with zero attached hydrogens (tertiary/aromatic N) is 1. The van der Waals surface area contributed by atoms with Crippen LogP contribution in [0.4, 0.5) is 0 Å². The Balaban J connectivity index is 1.63. The summed E-state index contributed by atoms with van der Waals surface area (Å²) in [5, 5.41) is -0.107. The van der Waals surface area contributed by atoms with Crippen LogP contribution in [0.1, 0.15) is 31.2 Å². The Hall–Kier alpha value is -1.07. The smallest absolute Gasteiger partial charge is 0.143 e. The molecule has 1 heterocycles. The molecule has 4 nitrogen and oxygen atoms in total. The largest absolute Gasteiger partial charge is 0.478 e. The van der Waals surface area contributed by atoms with Crippen LogP contribution in [0.5, 0.6) is 5.75 Å². The maximum absolute atomic E-state index is 11.0. The number of rotatable bonds is 2. The van der Waals surface area contributed by atoms with Gasteiger partial charge in [-0.2, -0.15) is 0 Å². The lowest BCUT2D eigenvalue weighted by atomic mass is 9.93. The molecular formula is C14H19NO3S. The molecule has 0 unspecified atom stereocenters. The van der Waals surface area contributed by atoms with Gasteiger partial charge in [0.25, 0.3) is 0 Å². The second-order valence-electron chi connectivity index (χ2n) is 5.38. The molecule has 0 aromatic heterocycles. The van der Waals surface area contributed by atoms with E-state index in [1.807, 2.05) is 18.2 Å². The SMILES string of the molecule is O=[SH](=O)C1CCC(N2COc3ccccc3C2)CC1. The molecule has 104 valence electrons. The summed E-state index contributed by atoms with van der Waals surface area (Å²) in [7, 11) is -2.25. The molecule has 0 amide bonds. The average Bonchev–Trinajstić information content (AvgIpc) is 2.47. The zero-order valence-electron chi connectivity index (χ0n) is 10.8. The fourth-order valence-electron chi connectivity index (χ4n) is 3.06. The molecule has 5 heteroatoms. The first-order valence-corrected chi connectivity index (χ1v) is 8.07. The molecule has 0 atom stereocenters. The first-order valence-electron chi connectivity index (χ1n) is 6.82. The lowest BCUT2D eigenvalue weighted by molar-refractivity contribution is 0.0408. The summed E-state index contributed by atoms with van der Waals surface area (Å²) in [5.74, 6) is 0.982. The maximum atomic E-state index is 11.0. The number of ether oxygens (including phenoxy) is 1. The average molecular weight is 281 g/mol. The van der Waals surface area contributed by atoms with Crippen LogP contribution in [0.25, 0.3) is 0 Å². The second kappa shape index (κ2) is 5.51. The number of fused-ring (bicyclic) bond motifs is 1. The van der Waals surface area contributed by atoms with Gasteiger partial charge in [0.2, 0.25) is 0 Å². The monoisotopic (exact) mass is 281 g/mol. The van der Waals surface area contributed by atoms with Crippen molar-refractivity contribution in [1.29, 1.82) is 0 Å². The van der Waals surface area contributed by atoms with Crippen LogP contribution in [0.2, 0.25) is 0 Å².